The number of amides is 1. The van der Waals surface area contributed by atoms with Crippen molar-refractivity contribution < 1.29 is 14.3 Å². The zero-order valence-electron chi connectivity index (χ0n) is 18.9. The highest BCUT2D eigenvalue weighted by Gasteiger charge is 2.20. The molecule has 3 rings (SSSR count). The predicted molar refractivity (Wildman–Crippen MR) is 125 cm³/mol. The first kappa shape index (κ1) is 23.0. The van der Waals surface area contributed by atoms with Gasteiger partial charge in [0.1, 0.15) is 5.75 Å². The highest BCUT2D eigenvalue weighted by Crippen LogP contribution is 2.29. The number of piperidine rings is 1. The molecule has 0 saturated carbocycles. The van der Waals surface area contributed by atoms with Crippen LogP contribution in [-0.4, -0.2) is 42.8 Å². The molecular weight excluding hydrogens is 388 g/mol. The van der Waals surface area contributed by atoms with Gasteiger partial charge < -0.3 is 15.0 Å². The molecule has 0 radical (unpaired) electrons. The molecule has 1 heterocycles. The van der Waals surface area contributed by atoms with Gasteiger partial charge >= 0.3 is 0 Å². The Morgan fingerprint density at radius 3 is 2.55 bits per heavy atom. The summed E-state index contributed by atoms with van der Waals surface area (Å²) in [6.07, 6.45) is 3.22. The Labute approximate surface area is 185 Å². The second-order valence-electron chi connectivity index (χ2n) is 8.67. The van der Waals surface area contributed by atoms with E-state index in [-0.39, 0.29) is 17.6 Å². The summed E-state index contributed by atoms with van der Waals surface area (Å²) in [6, 6.07) is 15.7. The van der Waals surface area contributed by atoms with Crippen molar-refractivity contribution in [2.24, 2.45) is 5.92 Å². The molecule has 31 heavy (non-hydrogen) atoms. The maximum absolute atomic E-state index is 12.0. The second kappa shape index (κ2) is 11.1. The maximum Gasteiger partial charge on any atom is 0.226 e. The fourth-order valence-corrected chi connectivity index (χ4v) is 3.93. The van der Waals surface area contributed by atoms with E-state index in [0.29, 0.717) is 18.1 Å². The molecule has 1 amide bonds. The Balaban J connectivity index is 1.40. The van der Waals surface area contributed by atoms with Gasteiger partial charge in [-0.15, -0.1) is 0 Å². The monoisotopic (exact) mass is 422 g/mol. The number of carbonyl (C=O) groups excluding carboxylic acids is 2. The van der Waals surface area contributed by atoms with Crippen molar-refractivity contribution in [3.63, 3.8) is 0 Å². The number of likely N-dealkylation sites (tertiary alicyclic amines) is 1. The van der Waals surface area contributed by atoms with E-state index in [1.54, 1.807) is 6.92 Å². The lowest BCUT2D eigenvalue weighted by Gasteiger charge is -2.32. The molecule has 1 fully saturated rings. The van der Waals surface area contributed by atoms with E-state index >= 15 is 0 Å². The third-order valence-corrected chi connectivity index (χ3v) is 5.87. The molecule has 5 nitrogen and oxygen atoms in total. The molecule has 1 aliphatic rings. The molecular formula is C26H34N2O3. The summed E-state index contributed by atoms with van der Waals surface area (Å²) in [5, 5.41) is 3.01. The van der Waals surface area contributed by atoms with Crippen molar-refractivity contribution in [1.29, 1.82) is 0 Å². The Morgan fingerprint density at radius 2 is 1.84 bits per heavy atom. The summed E-state index contributed by atoms with van der Waals surface area (Å²) in [6.45, 7) is 9.20. The lowest BCUT2D eigenvalue weighted by molar-refractivity contribution is -0.118. The zero-order valence-corrected chi connectivity index (χ0v) is 18.9. The van der Waals surface area contributed by atoms with E-state index in [0.717, 1.165) is 50.3 Å². The van der Waals surface area contributed by atoms with E-state index in [1.165, 1.54) is 5.56 Å². The van der Waals surface area contributed by atoms with Crippen molar-refractivity contribution in [2.75, 3.05) is 31.6 Å². The Kier molecular flexibility index (Phi) is 8.24. The van der Waals surface area contributed by atoms with Gasteiger partial charge in [0.15, 0.2) is 5.78 Å². The predicted octanol–water partition coefficient (Wildman–Crippen LogP) is 5.13. The van der Waals surface area contributed by atoms with Crippen LogP contribution >= 0.6 is 0 Å². The fraction of sp³-hybridized carbons (Fsp3) is 0.462. The Bertz CT molecular complexity index is 886. The number of ether oxygens (including phenoxy) is 1. The molecule has 2 aromatic carbocycles. The van der Waals surface area contributed by atoms with E-state index in [9.17, 15) is 9.59 Å². The van der Waals surface area contributed by atoms with Crippen LogP contribution in [-0.2, 0) is 4.79 Å². The zero-order chi connectivity index (χ0) is 22.2. The van der Waals surface area contributed by atoms with Crippen molar-refractivity contribution in [1.82, 2.24) is 4.90 Å². The first-order valence-corrected chi connectivity index (χ1v) is 11.3. The molecule has 166 valence electrons. The molecule has 0 spiro atoms. The van der Waals surface area contributed by atoms with Crippen LogP contribution < -0.4 is 10.1 Å². The van der Waals surface area contributed by atoms with Crippen molar-refractivity contribution >= 4 is 17.4 Å². The van der Waals surface area contributed by atoms with Crippen LogP contribution in [0.4, 0.5) is 5.69 Å². The Morgan fingerprint density at radius 1 is 1.10 bits per heavy atom. The molecule has 0 atom stereocenters. The minimum Gasteiger partial charge on any atom is -0.494 e. The topological polar surface area (TPSA) is 58.6 Å². The van der Waals surface area contributed by atoms with E-state index in [1.807, 2.05) is 50.2 Å². The molecule has 0 bridgehead atoms. The van der Waals surface area contributed by atoms with Crippen molar-refractivity contribution in [3.8, 4) is 5.75 Å². The van der Waals surface area contributed by atoms with Gasteiger partial charge in [-0.1, -0.05) is 38.1 Å². The van der Waals surface area contributed by atoms with Crippen LogP contribution in [0.1, 0.15) is 61.9 Å². The first-order valence-electron chi connectivity index (χ1n) is 11.3. The smallest absolute Gasteiger partial charge is 0.226 e. The van der Waals surface area contributed by atoms with Crippen molar-refractivity contribution in [3.05, 3.63) is 59.7 Å². The van der Waals surface area contributed by atoms with E-state index in [2.05, 4.69) is 22.3 Å². The van der Waals surface area contributed by atoms with Crippen LogP contribution in [0.25, 0.3) is 0 Å². The van der Waals surface area contributed by atoms with Gasteiger partial charge in [-0.25, -0.2) is 0 Å². The van der Waals surface area contributed by atoms with Crippen LogP contribution in [0.3, 0.4) is 0 Å². The number of Topliss-reactive ketones (excluding diaryl/α,β-unsaturated/α-hetero) is 1. The SMILES string of the molecule is CC(=O)c1cccc(OCCCN2CCC(c3cccc(NC(=O)C(C)C)c3)CC2)c1. The highest BCUT2D eigenvalue weighted by molar-refractivity contribution is 5.94. The number of anilines is 1. The number of benzene rings is 2. The van der Waals surface area contributed by atoms with Crippen LogP contribution in [0.15, 0.2) is 48.5 Å². The van der Waals surface area contributed by atoms with Gasteiger partial charge in [0.05, 0.1) is 6.61 Å². The number of nitrogens with one attached hydrogen (secondary N) is 1. The molecule has 5 heteroatoms. The fourth-order valence-electron chi connectivity index (χ4n) is 3.93. The van der Waals surface area contributed by atoms with Gasteiger partial charge in [0.25, 0.3) is 0 Å². The lowest BCUT2D eigenvalue weighted by Crippen LogP contribution is -2.34. The summed E-state index contributed by atoms with van der Waals surface area (Å²) in [5.74, 6) is 1.39. The maximum atomic E-state index is 12.0. The number of hydrogen-bond donors (Lipinski definition) is 1. The van der Waals surface area contributed by atoms with Gasteiger partial charge in [0.2, 0.25) is 5.91 Å². The summed E-state index contributed by atoms with van der Waals surface area (Å²) in [7, 11) is 0. The van der Waals surface area contributed by atoms with Crippen molar-refractivity contribution in [2.45, 2.75) is 46.0 Å². The number of rotatable bonds is 9. The highest BCUT2D eigenvalue weighted by atomic mass is 16.5. The van der Waals surface area contributed by atoms with Gasteiger partial charge in [0, 0.05) is 23.7 Å². The molecule has 0 unspecified atom stereocenters. The molecule has 1 saturated heterocycles. The number of nitrogens with zero attached hydrogens (tertiary/aromatic N) is 1. The van der Waals surface area contributed by atoms with Gasteiger partial charge in [-0.3, -0.25) is 9.59 Å². The average molecular weight is 423 g/mol. The summed E-state index contributed by atoms with van der Waals surface area (Å²) < 4.78 is 5.83. The number of ketones is 1. The molecule has 2 aromatic rings. The second-order valence-corrected chi connectivity index (χ2v) is 8.67. The largest absolute Gasteiger partial charge is 0.494 e. The molecule has 1 N–H and O–H groups in total. The Hall–Kier alpha value is -2.66. The normalized spacial score (nSPS) is 15.1. The third kappa shape index (κ3) is 6.93. The lowest BCUT2D eigenvalue weighted by atomic mass is 9.89. The molecule has 1 aliphatic heterocycles. The first-order chi connectivity index (χ1) is 14.9. The average Bonchev–Trinajstić information content (AvgIpc) is 2.77. The van der Waals surface area contributed by atoms with Gasteiger partial charge in [-0.2, -0.15) is 0 Å². The van der Waals surface area contributed by atoms with Crippen LogP contribution in [0.2, 0.25) is 0 Å². The summed E-state index contributed by atoms with van der Waals surface area (Å²) in [5.41, 5.74) is 2.90. The summed E-state index contributed by atoms with van der Waals surface area (Å²) >= 11 is 0. The number of carbonyl (C=O) groups is 2. The van der Waals surface area contributed by atoms with E-state index < -0.39 is 0 Å². The van der Waals surface area contributed by atoms with E-state index in [4.69, 9.17) is 4.74 Å². The number of hydrogen-bond acceptors (Lipinski definition) is 4. The molecule has 0 aromatic heterocycles. The third-order valence-electron chi connectivity index (χ3n) is 5.87. The van der Waals surface area contributed by atoms with Gasteiger partial charge in [-0.05, 0) is 75.0 Å². The molecule has 0 aliphatic carbocycles. The minimum absolute atomic E-state index is 0.0195. The quantitative estimate of drug-likeness (QED) is 0.449. The standard InChI is InChI=1S/C26H34N2O3/c1-19(2)26(30)27-24-9-4-8-23(17-24)21-11-14-28(15-12-21)13-6-16-31-25-10-5-7-22(18-25)20(3)29/h4-5,7-10,17-19,21H,6,11-16H2,1-3H3,(H,27,30). The summed E-state index contributed by atoms with van der Waals surface area (Å²) in [4.78, 5) is 25.9. The minimum atomic E-state index is -0.0195. The van der Waals surface area contributed by atoms with Crippen LogP contribution in [0, 0.1) is 5.92 Å². The van der Waals surface area contributed by atoms with Crippen LogP contribution in [0.5, 0.6) is 5.75 Å².